The van der Waals surface area contributed by atoms with Crippen molar-refractivity contribution in [2.45, 2.75) is 32.2 Å². The molecule has 0 amide bonds. The van der Waals surface area contributed by atoms with E-state index in [0.717, 1.165) is 5.82 Å². The maximum absolute atomic E-state index is 8.73. The summed E-state index contributed by atoms with van der Waals surface area (Å²) in [6.45, 7) is 2.26. The second kappa shape index (κ2) is 4.31. The second-order valence-corrected chi connectivity index (χ2v) is 4.18. The fraction of sp³-hybridized carbons (Fsp3) is 0.500. The molecule has 0 aromatic carbocycles. The van der Waals surface area contributed by atoms with Gasteiger partial charge in [-0.2, -0.15) is 5.26 Å². The van der Waals surface area contributed by atoms with Crippen LogP contribution in [0.2, 0.25) is 0 Å². The first kappa shape index (κ1) is 9.97. The summed E-state index contributed by atoms with van der Waals surface area (Å²) in [6.07, 6.45) is 3.78. The van der Waals surface area contributed by atoms with Crippen LogP contribution in [0.25, 0.3) is 0 Å². The molecule has 1 heterocycles. The molecular weight excluding hydrogens is 186 g/mol. The number of pyridine rings is 1. The predicted molar refractivity (Wildman–Crippen MR) is 59.4 cm³/mol. The Morgan fingerprint density at radius 1 is 1.47 bits per heavy atom. The smallest absolute Gasteiger partial charge is 0.142 e. The van der Waals surface area contributed by atoms with E-state index >= 15 is 0 Å². The summed E-state index contributed by atoms with van der Waals surface area (Å²) < 4.78 is 0. The van der Waals surface area contributed by atoms with Crippen molar-refractivity contribution < 1.29 is 0 Å². The molecule has 1 N–H and O–H groups in total. The van der Waals surface area contributed by atoms with Gasteiger partial charge >= 0.3 is 0 Å². The summed E-state index contributed by atoms with van der Waals surface area (Å²) in [5, 5.41) is 12.1. The van der Waals surface area contributed by atoms with Crippen molar-refractivity contribution in [2.75, 3.05) is 5.32 Å². The Balaban J connectivity index is 2.07. The van der Waals surface area contributed by atoms with E-state index in [1.165, 1.54) is 19.3 Å². The molecule has 0 aliphatic heterocycles. The zero-order valence-corrected chi connectivity index (χ0v) is 8.90. The first-order valence-electron chi connectivity index (χ1n) is 5.43. The van der Waals surface area contributed by atoms with Crippen molar-refractivity contribution in [3.8, 4) is 6.07 Å². The molecule has 2 unspecified atom stereocenters. The molecule has 0 spiro atoms. The monoisotopic (exact) mass is 201 g/mol. The van der Waals surface area contributed by atoms with Crippen LogP contribution in [0.4, 0.5) is 5.82 Å². The number of nitrogens with one attached hydrogen (secondary N) is 1. The van der Waals surface area contributed by atoms with Crippen molar-refractivity contribution in [1.29, 1.82) is 5.26 Å². The van der Waals surface area contributed by atoms with Crippen LogP contribution in [-0.4, -0.2) is 11.0 Å². The Morgan fingerprint density at radius 2 is 2.33 bits per heavy atom. The van der Waals surface area contributed by atoms with Crippen LogP contribution in [0.15, 0.2) is 18.2 Å². The van der Waals surface area contributed by atoms with Crippen LogP contribution in [-0.2, 0) is 0 Å². The average Bonchev–Trinajstić information content (AvgIpc) is 2.65. The van der Waals surface area contributed by atoms with E-state index in [-0.39, 0.29) is 0 Å². The van der Waals surface area contributed by atoms with E-state index in [4.69, 9.17) is 5.26 Å². The maximum Gasteiger partial charge on any atom is 0.142 e. The fourth-order valence-corrected chi connectivity index (χ4v) is 2.13. The molecule has 3 heteroatoms. The minimum atomic E-state index is 0.477. The molecule has 1 aliphatic carbocycles. The Bertz CT molecular complexity index is 381. The van der Waals surface area contributed by atoms with Gasteiger partial charge in [0.15, 0.2) is 0 Å². The van der Waals surface area contributed by atoms with Gasteiger partial charge in [-0.3, -0.25) is 0 Å². The van der Waals surface area contributed by atoms with Gasteiger partial charge in [0.05, 0.1) is 0 Å². The topological polar surface area (TPSA) is 48.7 Å². The third-order valence-electron chi connectivity index (χ3n) is 3.06. The third kappa shape index (κ3) is 2.27. The van der Waals surface area contributed by atoms with Crippen molar-refractivity contribution in [3.05, 3.63) is 23.9 Å². The molecule has 15 heavy (non-hydrogen) atoms. The number of aromatic nitrogens is 1. The first-order chi connectivity index (χ1) is 7.29. The molecule has 1 aromatic heterocycles. The van der Waals surface area contributed by atoms with Gasteiger partial charge in [0, 0.05) is 6.04 Å². The number of hydrogen-bond acceptors (Lipinski definition) is 3. The summed E-state index contributed by atoms with van der Waals surface area (Å²) >= 11 is 0. The molecule has 3 nitrogen and oxygen atoms in total. The Hall–Kier alpha value is -1.56. The second-order valence-electron chi connectivity index (χ2n) is 4.18. The highest BCUT2D eigenvalue weighted by Gasteiger charge is 2.23. The average molecular weight is 201 g/mol. The summed E-state index contributed by atoms with van der Waals surface area (Å²) in [6, 6.07) is 8.09. The van der Waals surface area contributed by atoms with Gasteiger partial charge in [-0.25, -0.2) is 4.98 Å². The van der Waals surface area contributed by atoms with Crippen molar-refractivity contribution in [2.24, 2.45) is 5.92 Å². The predicted octanol–water partition coefficient (Wildman–Crippen LogP) is 2.55. The molecule has 0 saturated heterocycles. The normalized spacial score (nSPS) is 24.8. The zero-order chi connectivity index (χ0) is 10.7. The summed E-state index contributed by atoms with van der Waals surface area (Å²) in [7, 11) is 0. The number of rotatable bonds is 2. The molecule has 1 aromatic rings. The lowest BCUT2D eigenvalue weighted by Crippen LogP contribution is -2.22. The van der Waals surface area contributed by atoms with Gasteiger partial charge in [0.2, 0.25) is 0 Å². The molecule has 1 fully saturated rings. The van der Waals surface area contributed by atoms with Crippen LogP contribution in [0.1, 0.15) is 31.9 Å². The summed E-state index contributed by atoms with van der Waals surface area (Å²) in [5.74, 6) is 1.53. The van der Waals surface area contributed by atoms with Crippen molar-refractivity contribution in [1.82, 2.24) is 4.98 Å². The van der Waals surface area contributed by atoms with Crippen LogP contribution >= 0.6 is 0 Å². The lowest BCUT2D eigenvalue weighted by molar-refractivity contribution is 0.555. The first-order valence-corrected chi connectivity index (χ1v) is 5.43. The van der Waals surface area contributed by atoms with Gasteiger partial charge in [0.1, 0.15) is 17.6 Å². The third-order valence-corrected chi connectivity index (χ3v) is 3.06. The van der Waals surface area contributed by atoms with Crippen LogP contribution in [0.5, 0.6) is 0 Å². The highest BCUT2D eigenvalue weighted by molar-refractivity contribution is 5.39. The Kier molecular flexibility index (Phi) is 2.86. The zero-order valence-electron chi connectivity index (χ0n) is 8.90. The minimum Gasteiger partial charge on any atom is -0.367 e. The number of hydrogen-bond donors (Lipinski definition) is 1. The van der Waals surface area contributed by atoms with Crippen LogP contribution < -0.4 is 5.32 Å². The van der Waals surface area contributed by atoms with Crippen LogP contribution in [0, 0.1) is 17.2 Å². The van der Waals surface area contributed by atoms with E-state index in [1.807, 2.05) is 12.1 Å². The van der Waals surface area contributed by atoms with E-state index < -0.39 is 0 Å². The molecular formula is C12H15N3. The largest absolute Gasteiger partial charge is 0.367 e. The summed E-state index contributed by atoms with van der Waals surface area (Å²) in [4.78, 5) is 4.22. The SMILES string of the molecule is CC1CCCC1Nc1cccc(C#N)n1. The van der Waals surface area contributed by atoms with E-state index in [9.17, 15) is 0 Å². The highest BCUT2D eigenvalue weighted by Crippen LogP contribution is 2.27. The molecule has 1 saturated carbocycles. The van der Waals surface area contributed by atoms with Gasteiger partial charge in [-0.15, -0.1) is 0 Å². The lowest BCUT2D eigenvalue weighted by Gasteiger charge is -2.17. The van der Waals surface area contributed by atoms with Gasteiger partial charge in [-0.1, -0.05) is 19.4 Å². The molecule has 1 aliphatic rings. The van der Waals surface area contributed by atoms with Crippen LogP contribution in [0.3, 0.4) is 0 Å². The van der Waals surface area contributed by atoms with E-state index in [1.54, 1.807) is 6.07 Å². The molecule has 2 atom stereocenters. The number of anilines is 1. The molecule has 0 radical (unpaired) electrons. The molecule has 2 rings (SSSR count). The quantitative estimate of drug-likeness (QED) is 0.800. The van der Waals surface area contributed by atoms with E-state index in [0.29, 0.717) is 17.7 Å². The Labute approximate surface area is 90.1 Å². The fourth-order valence-electron chi connectivity index (χ4n) is 2.13. The lowest BCUT2D eigenvalue weighted by atomic mass is 10.1. The van der Waals surface area contributed by atoms with Crippen molar-refractivity contribution in [3.63, 3.8) is 0 Å². The maximum atomic E-state index is 8.73. The van der Waals surface area contributed by atoms with Gasteiger partial charge in [0.25, 0.3) is 0 Å². The number of nitriles is 1. The Morgan fingerprint density at radius 3 is 3.00 bits per heavy atom. The minimum absolute atomic E-state index is 0.477. The molecule has 78 valence electrons. The van der Waals surface area contributed by atoms with Gasteiger partial charge < -0.3 is 5.32 Å². The summed E-state index contributed by atoms with van der Waals surface area (Å²) in [5.41, 5.74) is 0.477. The number of nitrogens with zero attached hydrogens (tertiary/aromatic N) is 2. The van der Waals surface area contributed by atoms with E-state index in [2.05, 4.69) is 23.3 Å². The highest BCUT2D eigenvalue weighted by atomic mass is 15.0. The standard InChI is InChI=1S/C12H15N3/c1-9-4-2-6-11(9)15-12-7-3-5-10(8-13)14-12/h3,5,7,9,11H,2,4,6H2,1H3,(H,14,15). The molecule has 0 bridgehead atoms. The van der Waals surface area contributed by atoms with Gasteiger partial charge in [-0.05, 0) is 30.9 Å². The van der Waals surface area contributed by atoms with Crippen molar-refractivity contribution >= 4 is 5.82 Å².